The molecular formula is C16H27NO2. The fraction of sp³-hybridized carbons (Fsp3) is 0.562. The van der Waals surface area contributed by atoms with Crippen molar-refractivity contribution in [2.45, 2.75) is 60.6 Å². The van der Waals surface area contributed by atoms with Crippen molar-refractivity contribution in [2.24, 2.45) is 0 Å². The molecule has 2 rings (SSSR count). The number of hydrogen-bond acceptors (Lipinski definition) is 2. The van der Waals surface area contributed by atoms with Crippen LogP contribution in [0.1, 0.15) is 57.4 Å². The number of alkyl carbamates (subject to hydrolysis) is 1. The van der Waals surface area contributed by atoms with Crippen LogP contribution in [0.15, 0.2) is 18.2 Å². The van der Waals surface area contributed by atoms with E-state index in [1.165, 1.54) is 11.1 Å². The molecule has 19 heavy (non-hydrogen) atoms. The minimum Gasteiger partial charge on any atom is -0.439 e. The summed E-state index contributed by atoms with van der Waals surface area (Å²) in [6.45, 7) is 14.0. The number of rotatable bonds is 1. The van der Waals surface area contributed by atoms with E-state index in [1.54, 1.807) is 0 Å². The van der Waals surface area contributed by atoms with Crippen LogP contribution in [0, 0.1) is 13.8 Å². The van der Waals surface area contributed by atoms with Crippen LogP contribution < -0.4 is 5.32 Å². The van der Waals surface area contributed by atoms with Gasteiger partial charge in [-0.3, -0.25) is 0 Å². The molecule has 0 aliphatic carbocycles. The highest BCUT2D eigenvalue weighted by Gasteiger charge is 2.31. The first kappa shape index (κ1) is 17.5. The average Bonchev–Trinajstić information content (AvgIpc) is 2.72. The summed E-state index contributed by atoms with van der Waals surface area (Å²) in [5.74, 6) is 0. The molecule has 0 saturated carbocycles. The van der Waals surface area contributed by atoms with Gasteiger partial charge in [-0.2, -0.15) is 0 Å². The Balaban J connectivity index is 0.000000741. The Labute approximate surface area is 117 Å². The average molecular weight is 265 g/mol. The minimum atomic E-state index is -0.327. The summed E-state index contributed by atoms with van der Waals surface area (Å²) in [7, 11) is 0. The van der Waals surface area contributed by atoms with Gasteiger partial charge < -0.3 is 10.1 Å². The van der Waals surface area contributed by atoms with Crippen LogP contribution in [0.5, 0.6) is 0 Å². The predicted molar refractivity (Wildman–Crippen MR) is 80.4 cm³/mol. The molecule has 0 aromatic heterocycles. The topological polar surface area (TPSA) is 38.3 Å². The Morgan fingerprint density at radius 3 is 1.84 bits per heavy atom. The number of hydrogen-bond donors (Lipinski definition) is 1. The molecule has 3 heteroatoms. The molecule has 1 amide bonds. The summed E-state index contributed by atoms with van der Waals surface area (Å²) in [5.41, 5.74) is 3.46. The van der Waals surface area contributed by atoms with Gasteiger partial charge in [0.15, 0.2) is 0 Å². The molecular weight excluding hydrogens is 238 g/mol. The van der Waals surface area contributed by atoms with Gasteiger partial charge >= 0.3 is 6.09 Å². The van der Waals surface area contributed by atoms with E-state index in [-0.39, 0.29) is 18.2 Å². The highest BCUT2D eigenvalue weighted by atomic mass is 16.6. The number of ether oxygens (including phenoxy) is 1. The zero-order valence-electron chi connectivity index (χ0n) is 13.2. The van der Waals surface area contributed by atoms with Crippen LogP contribution in [-0.4, -0.2) is 12.1 Å². The molecule has 3 nitrogen and oxygen atoms in total. The number of aryl methyl sites for hydroxylation is 2. The van der Waals surface area contributed by atoms with Gasteiger partial charge in [0, 0.05) is 0 Å². The van der Waals surface area contributed by atoms with Crippen molar-refractivity contribution in [3.05, 3.63) is 34.9 Å². The molecule has 2 unspecified atom stereocenters. The number of benzene rings is 1. The van der Waals surface area contributed by atoms with E-state index >= 15 is 0 Å². The smallest absolute Gasteiger partial charge is 0.408 e. The number of carbonyl (C=O) groups is 1. The maximum absolute atomic E-state index is 11.1. The second-order valence-corrected chi connectivity index (χ2v) is 4.18. The second kappa shape index (κ2) is 8.57. The Morgan fingerprint density at radius 1 is 1.00 bits per heavy atom. The molecule has 1 heterocycles. The van der Waals surface area contributed by atoms with Crippen molar-refractivity contribution >= 4 is 6.09 Å². The fourth-order valence-corrected chi connectivity index (χ4v) is 2.04. The van der Waals surface area contributed by atoms with Gasteiger partial charge in [0.25, 0.3) is 0 Å². The van der Waals surface area contributed by atoms with Gasteiger partial charge in [0.05, 0.1) is 6.04 Å². The first-order valence-electron chi connectivity index (χ1n) is 7.11. The lowest BCUT2D eigenvalue weighted by Gasteiger charge is -2.14. The van der Waals surface area contributed by atoms with E-state index in [0.29, 0.717) is 0 Å². The van der Waals surface area contributed by atoms with Crippen LogP contribution in [0.2, 0.25) is 0 Å². The molecule has 0 bridgehead atoms. The standard InChI is InChI=1S/C12H15NO2.2C2H6/c1-7-4-8(2)6-10(5-7)11-9(3)13-12(14)15-11;2*1-2/h4-6,9,11H,1-3H3,(H,13,14);2*1-2H3. The summed E-state index contributed by atoms with van der Waals surface area (Å²) in [6.07, 6.45) is -0.484. The third kappa shape index (κ3) is 4.93. The first-order valence-corrected chi connectivity index (χ1v) is 7.11. The lowest BCUT2D eigenvalue weighted by molar-refractivity contribution is 0.134. The van der Waals surface area contributed by atoms with Gasteiger partial charge in [0.1, 0.15) is 6.10 Å². The molecule has 1 N–H and O–H groups in total. The maximum Gasteiger partial charge on any atom is 0.408 e. The Hall–Kier alpha value is -1.51. The predicted octanol–water partition coefficient (Wildman–Crippen LogP) is 4.53. The van der Waals surface area contributed by atoms with Gasteiger partial charge in [-0.05, 0) is 26.3 Å². The van der Waals surface area contributed by atoms with E-state index in [0.717, 1.165) is 5.56 Å². The van der Waals surface area contributed by atoms with Crippen molar-refractivity contribution in [1.29, 1.82) is 0 Å². The lowest BCUT2D eigenvalue weighted by atomic mass is 10.00. The van der Waals surface area contributed by atoms with Crippen LogP contribution in [-0.2, 0) is 4.74 Å². The summed E-state index contributed by atoms with van der Waals surface area (Å²) in [4.78, 5) is 11.1. The van der Waals surface area contributed by atoms with Gasteiger partial charge in [-0.25, -0.2) is 4.79 Å². The Morgan fingerprint density at radius 2 is 1.47 bits per heavy atom. The maximum atomic E-state index is 11.1. The number of amides is 1. The second-order valence-electron chi connectivity index (χ2n) is 4.18. The molecule has 1 aromatic rings. The fourth-order valence-electron chi connectivity index (χ4n) is 2.04. The summed E-state index contributed by atoms with van der Waals surface area (Å²) >= 11 is 0. The Kier molecular flexibility index (Phi) is 7.89. The molecule has 1 aromatic carbocycles. The largest absolute Gasteiger partial charge is 0.439 e. The first-order chi connectivity index (χ1) is 9.06. The van der Waals surface area contributed by atoms with Crippen molar-refractivity contribution < 1.29 is 9.53 Å². The number of nitrogens with one attached hydrogen (secondary N) is 1. The van der Waals surface area contributed by atoms with Gasteiger partial charge in [-0.1, -0.05) is 57.0 Å². The summed E-state index contributed by atoms with van der Waals surface area (Å²) < 4.78 is 5.22. The van der Waals surface area contributed by atoms with Crippen molar-refractivity contribution in [2.75, 3.05) is 0 Å². The molecule has 108 valence electrons. The normalized spacial score (nSPS) is 20.3. The Bertz CT molecular complexity index is 381. The molecule has 1 aliphatic heterocycles. The summed E-state index contributed by atoms with van der Waals surface area (Å²) in [6, 6.07) is 6.28. The van der Waals surface area contributed by atoms with Crippen molar-refractivity contribution in [1.82, 2.24) is 5.32 Å². The summed E-state index contributed by atoms with van der Waals surface area (Å²) in [5, 5.41) is 2.74. The highest BCUT2D eigenvalue weighted by molar-refractivity contribution is 5.70. The van der Waals surface area contributed by atoms with Crippen molar-refractivity contribution in [3.8, 4) is 0 Å². The SMILES string of the molecule is CC.CC.Cc1cc(C)cc(C2OC(=O)NC2C)c1. The molecule has 0 spiro atoms. The molecule has 0 radical (unpaired) electrons. The third-order valence-corrected chi connectivity index (χ3v) is 2.61. The highest BCUT2D eigenvalue weighted by Crippen LogP contribution is 2.27. The van der Waals surface area contributed by atoms with Crippen molar-refractivity contribution in [3.63, 3.8) is 0 Å². The molecule has 1 aliphatic rings. The quantitative estimate of drug-likeness (QED) is 0.810. The van der Waals surface area contributed by atoms with Gasteiger partial charge in [0.2, 0.25) is 0 Å². The zero-order valence-corrected chi connectivity index (χ0v) is 13.2. The third-order valence-electron chi connectivity index (χ3n) is 2.61. The van der Waals surface area contributed by atoms with Crippen LogP contribution in [0.4, 0.5) is 4.79 Å². The van der Waals surface area contributed by atoms with E-state index in [2.05, 4.69) is 23.5 Å². The van der Waals surface area contributed by atoms with Crippen LogP contribution in [0.25, 0.3) is 0 Å². The van der Waals surface area contributed by atoms with Crippen LogP contribution in [0.3, 0.4) is 0 Å². The number of cyclic esters (lactones) is 1. The van der Waals surface area contributed by atoms with E-state index < -0.39 is 0 Å². The lowest BCUT2D eigenvalue weighted by Crippen LogP contribution is -2.23. The molecule has 1 fully saturated rings. The monoisotopic (exact) mass is 265 g/mol. The number of carbonyl (C=O) groups excluding carboxylic acids is 1. The van der Waals surface area contributed by atoms with E-state index in [4.69, 9.17) is 4.74 Å². The van der Waals surface area contributed by atoms with Crippen LogP contribution >= 0.6 is 0 Å². The van der Waals surface area contributed by atoms with E-state index in [9.17, 15) is 4.79 Å². The van der Waals surface area contributed by atoms with Gasteiger partial charge in [-0.15, -0.1) is 0 Å². The zero-order chi connectivity index (χ0) is 15.0. The molecule has 1 saturated heterocycles. The van der Waals surface area contributed by atoms with E-state index in [1.807, 2.05) is 48.5 Å². The minimum absolute atomic E-state index is 0.0405. The molecule has 2 atom stereocenters.